The Balaban J connectivity index is 1.73. The Bertz CT molecular complexity index is 872. The third-order valence-electron chi connectivity index (χ3n) is 5.21. The Labute approximate surface area is 163 Å². The SMILES string of the molecule is CC(C)(C)n1cnc(CC(C)(C)n2ccc(CC(C)(C)n3cccc3)n2)c1. The summed E-state index contributed by atoms with van der Waals surface area (Å²) in [5.41, 5.74) is 2.13. The summed E-state index contributed by atoms with van der Waals surface area (Å²) < 4.78 is 6.51. The predicted octanol–water partition coefficient (Wildman–Crippen LogP) is 4.59. The zero-order valence-electron chi connectivity index (χ0n) is 17.8. The normalized spacial score (nSPS) is 13.3. The minimum atomic E-state index is -0.132. The standard InChI is InChI=1S/C22H33N5/c1-20(2,3)26-16-19(23-17-26)15-22(6,7)27-13-10-18(24-27)14-21(4,5)25-11-8-9-12-25/h8-13,16-17H,14-15H2,1-7H3. The van der Waals surface area contributed by atoms with E-state index >= 15 is 0 Å². The average molecular weight is 368 g/mol. The van der Waals surface area contributed by atoms with Crippen molar-refractivity contribution in [3.8, 4) is 0 Å². The molecule has 0 aliphatic rings. The van der Waals surface area contributed by atoms with Crippen molar-refractivity contribution in [1.82, 2.24) is 23.9 Å². The summed E-state index contributed by atoms with van der Waals surface area (Å²) in [6.07, 6.45) is 12.2. The van der Waals surface area contributed by atoms with Crippen molar-refractivity contribution < 1.29 is 0 Å². The maximum absolute atomic E-state index is 4.90. The van der Waals surface area contributed by atoms with Gasteiger partial charge >= 0.3 is 0 Å². The molecular weight excluding hydrogens is 334 g/mol. The van der Waals surface area contributed by atoms with Gasteiger partial charge in [0, 0.05) is 48.7 Å². The molecule has 0 aromatic carbocycles. The maximum Gasteiger partial charge on any atom is 0.0954 e. The highest BCUT2D eigenvalue weighted by Crippen LogP contribution is 2.24. The van der Waals surface area contributed by atoms with Crippen LogP contribution in [-0.4, -0.2) is 23.9 Å². The molecule has 27 heavy (non-hydrogen) atoms. The van der Waals surface area contributed by atoms with Crippen LogP contribution in [-0.2, 0) is 29.5 Å². The first-order chi connectivity index (χ1) is 12.5. The summed E-state index contributed by atoms with van der Waals surface area (Å²) >= 11 is 0. The summed E-state index contributed by atoms with van der Waals surface area (Å²) in [5, 5.41) is 4.90. The average Bonchev–Trinajstić information content (AvgIpc) is 3.27. The Morgan fingerprint density at radius 1 is 0.778 bits per heavy atom. The first-order valence-electron chi connectivity index (χ1n) is 9.69. The topological polar surface area (TPSA) is 40.6 Å². The van der Waals surface area contributed by atoms with Gasteiger partial charge in [-0.05, 0) is 66.7 Å². The molecule has 3 aromatic rings. The molecule has 0 aliphatic heterocycles. The second-order valence-electron chi connectivity index (χ2n) is 9.76. The van der Waals surface area contributed by atoms with Gasteiger partial charge in [-0.3, -0.25) is 4.68 Å². The van der Waals surface area contributed by atoms with Gasteiger partial charge < -0.3 is 9.13 Å². The molecular formula is C22H33N5. The number of nitrogens with zero attached hydrogens (tertiary/aromatic N) is 5. The first-order valence-corrected chi connectivity index (χ1v) is 9.69. The van der Waals surface area contributed by atoms with Crippen molar-refractivity contribution in [2.24, 2.45) is 0 Å². The van der Waals surface area contributed by atoms with Crippen molar-refractivity contribution in [3.05, 3.63) is 60.7 Å². The number of hydrogen-bond acceptors (Lipinski definition) is 2. The number of rotatable bonds is 6. The quantitative estimate of drug-likeness (QED) is 0.639. The summed E-state index contributed by atoms with van der Waals surface area (Å²) in [4.78, 5) is 4.61. The number of hydrogen-bond donors (Lipinski definition) is 0. The predicted molar refractivity (Wildman–Crippen MR) is 110 cm³/mol. The Hall–Kier alpha value is -2.30. The Morgan fingerprint density at radius 3 is 2.00 bits per heavy atom. The lowest BCUT2D eigenvalue weighted by molar-refractivity contribution is 0.304. The molecule has 0 amide bonds. The number of aromatic nitrogens is 5. The van der Waals surface area contributed by atoms with Gasteiger partial charge in [-0.2, -0.15) is 5.10 Å². The number of imidazole rings is 1. The van der Waals surface area contributed by atoms with E-state index in [9.17, 15) is 0 Å². The molecule has 0 bridgehead atoms. The molecule has 0 aliphatic carbocycles. The van der Waals surface area contributed by atoms with Crippen LogP contribution in [0.4, 0.5) is 0 Å². The molecule has 3 heterocycles. The molecule has 3 aromatic heterocycles. The lowest BCUT2D eigenvalue weighted by Gasteiger charge is -2.27. The van der Waals surface area contributed by atoms with E-state index in [4.69, 9.17) is 5.10 Å². The van der Waals surface area contributed by atoms with Crippen molar-refractivity contribution in [2.75, 3.05) is 0 Å². The summed E-state index contributed by atoms with van der Waals surface area (Å²) in [6, 6.07) is 6.28. The maximum atomic E-state index is 4.90. The van der Waals surface area contributed by atoms with Gasteiger partial charge in [0.1, 0.15) is 0 Å². The Morgan fingerprint density at radius 2 is 1.41 bits per heavy atom. The van der Waals surface area contributed by atoms with Gasteiger partial charge in [0.25, 0.3) is 0 Å². The summed E-state index contributed by atoms with van der Waals surface area (Å²) in [5.74, 6) is 0. The minimum Gasteiger partial charge on any atom is -0.348 e. The third-order valence-corrected chi connectivity index (χ3v) is 5.21. The van der Waals surface area contributed by atoms with Crippen LogP contribution in [0, 0.1) is 0 Å². The molecule has 0 saturated heterocycles. The van der Waals surface area contributed by atoms with E-state index in [0.29, 0.717) is 0 Å². The monoisotopic (exact) mass is 367 g/mol. The molecule has 146 valence electrons. The van der Waals surface area contributed by atoms with Gasteiger partial charge in [-0.1, -0.05) is 0 Å². The molecule has 0 N–H and O–H groups in total. The first kappa shape index (κ1) is 19.5. The highest BCUT2D eigenvalue weighted by atomic mass is 15.3. The van der Waals surface area contributed by atoms with Crippen molar-refractivity contribution in [1.29, 1.82) is 0 Å². The van der Waals surface area contributed by atoms with Gasteiger partial charge in [-0.25, -0.2) is 4.98 Å². The molecule has 5 nitrogen and oxygen atoms in total. The van der Waals surface area contributed by atoms with Crippen LogP contribution in [0.3, 0.4) is 0 Å². The lowest BCUT2D eigenvalue weighted by Crippen LogP contribution is -2.31. The fourth-order valence-corrected chi connectivity index (χ4v) is 3.41. The van der Waals surface area contributed by atoms with E-state index in [1.807, 2.05) is 6.33 Å². The van der Waals surface area contributed by atoms with E-state index in [0.717, 1.165) is 24.2 Å². The largest absolute Gasteiger partial charge is 0.348 e. The second-order valence-corrected chi connectivity index (χ2v) is 9.76. The lowest BCUT2D eigenvalue weighted by atomic mass is 9.98. The Kier molecular flexibility index (Phi) is 4.83. The van der Waals surface area contributed by atoms with Gasteiger partial charge in [0.15, 0.2) is 0 Å². The van der Waals surface area contributed by atoms with Crippen molar-refractivity contribution >= 4 is 0 Å². The molecule has 0 radical (unpaired) electrons. The molecule has 3 rings (SSSR count). The highest BCUT2D eigenvalue weighted by Gasteiger charge is 2.26. The molecule has 0 atom stereocenters. The van der Waals surface area contributed by atoms with E-state index in [1.54, 1.807) is 0 Å². The molecule has 5 heteroatoms. The van der Waals surface area contributed by atoms with Crippen molar-refractivity contribution in [2.45, 2.75) is 77.9 Å². The van der Waals surface area contributed by atoms with Gasteiger partial charge in [0.2, 0.25) is 0 Å². The van der Waals surface area contributed by atoms with Crippen LogP contribution < -0.4 is 0 Å². The molecule has 0 saturated carbocycles. The molecule has 0 fully saturated rings. The van der Waals surface area contributed by atoms with Crippen LogP contribution in [0.2, 0.25) is 0 Å². The summed E-state index contributed by atoms with van der Waals surface area (Å²) in [7, 11) is 0. The molecule has 0 spiro atoms. The summed E-state index contributed by atoms with van der Waals surface area (Å²) in [6.45, 7) is 15.5. The van der Waals surface area contributed by atoms with Crippen LogP contribution in [0.1, 0.15) is 59.9 Å². The van der Waals surface area contributed by atoms with E-state index < -0.39 is 0 Å². The van der Waals surface area contributed by atoms with Crippen LogP contribution >= 0.6 is 0 Å². The van der Waals surface area contributed by atoms with Gasteiger partial charge in [-0.15, -0.1) is 0 Å². The van der Waals surface area contributed by atoms with E-state index in [2.05, 4.69) is 110 Å². The zero-order chi connectivity index (χ0) is 19.9. The second kappa shape index (κ2) is 6.70. The minimum absolute atomic E-state index is 0.00168. The highest BCUT2D eigenvalue weighted by molar-refractivity contribution is 5.09. The van der Waals surface area contributed by atoms with Gasteiger partial charge in [0.05, 0.1) is 23.3 Å². The third kappa shape index (κ3) is 4.34. The van der Waals surface area contributed by atoms with E-state index in [-0.39, 0.29) is 16.6 Å². The smallest absolute Gasteiger partial charge is 0.0954 e. The van der Waals surface area contributed by atoms with E-state index in [1.165, 1.54) is 0 Å². The fourth-order valence-electron chi connectivity index (χ4n) is 3.41. The van der Waals surface area contributed by atoms with Crippen LogP contribution in [0.25, 0.3) is 0 Å². The van der Waals surface area contributed by atoms with Crippen LogP contribution in [0.15, 0.2) is 49.3 Å². The van der Waals surface area contributed by atoms with Crippen molar-refractivity contribution in [3.63, 3.8) is 0 Å². The fraction of sp³-hybridized carbons (Fsp3) is 0.545. The van der Waals surface area contributed by atoms with Crippen LogP contribution in [0.5, 0.6) is 0 Å². The molecule has 0 unspecified atom stereocenters. The zero-order valence-corrected chi connectivity index (χ0v) is 17.8.